The van der Waals surface area contributed by atoms with Crippen LogP contribution in [0.5, 0.6) is 0 Å². The summed E-state index contributed by atoms with van der Waals surface area (Å²) in [7, 11) is 0. The van der Waals surface area contributed by atoms with Crippen molar-refractivity contribution in [3.8, 4) is 0 Å². The predicted octanol–water partition coefficient (Wildman–Crippen LogP) is 1.38. The molecule has 2 unspecified atom stereocenters. The Morgan fingerprint density at radius 2 is 1.87 bits per heavy atom. The van der Waals surface area contributed by atoms with Crippen molar-refractivity contribution in [2.24, 2.45) is 0 Å². The molecule has 5 rings (SSSR count). The van der Waals surface area contributed by atoms with Crippen molar-refractivity contribution in [1.82, 2.24) is 20.9 Å². The highest BCUT2D eigenvalue weighted by Gasteiger charge is 2.39. The molecule has 1 saturated heterocycles. The minimum absolute atomic E-state index is 0.124. The van der Waals surface area contributed by atoms with Crippen molar-refractivity contribution in [2.45, 2.75) is 44.6 Å². The quantitative estimate of drug-likeness (QED) is 0.655. The minimum atomic E-state index is -0.581. The molecule has 0 aromatic heterocycles. The molecule has 0 radical (unpaired) electrons. The molecule has 7 heteroatoms. The Hall–Kier alpha value is -3.03. The number of carbonyl (C=O) groups is 3. The maximum Gasteiger partial charge on any atom is 0.255 e. The summed E-state index contributed by atoms with van der Waals surface area (Å²) in [6.45, 7) is 2.64. The fourth-order valence-corrected chi connectivity index (χ4v) is 4.75. The molecule has 3 heterocycles. The van der Waals surface area contributed by atoms with Crippen LogP contribution in [-0.2, 0) is 29.2 Å². The summed E-state index contributed by atoms with van der Waals surface area (Å²) in [6, 6.07) is 14.0. The molecule has 0 saturated carbocycles. The number of hydrogen-bond donors (Lipinski definition) is 3. The normalized spacial score (nSPS) is 22.8. The van der Waals surface area contributed by atoms with E-state index in [0.717, 1.165) is 24.2 Å². The van der Waals surface area contributed by atoms with E-state index >= 15 is 0 Å². The van der Waals surface area contributed by atoms with E-state index in [1.165, 1.54) is 11.1 Å². The van der Waals surface area contributed by atoms with Gasteiger partial charge in [-0.3, -0.25) is 19.7 Å². The molecule has 3 amide bonds. The van der Waals surface area contributed by atoms with Gasteiger partial charge in [0.25, 0.3) is 5.91 Å². The molecule has 0 spiro atoms. The van der Waals surface area contributed by atoms with Crippen molar-refractivity contribution in [3.63, 3.8) is 0 Å². The number of amides is 3. The first-order valence-electron chi connectivity index (χ1n) is 10.4. The second-order valence-electron chi connectivity index (χ2n) is 8.11. The van der Waals surface area contributed by atoms with Crippen LogP contribution in [0.15, 0.2) is 42.5 Å². The van der Waals surface area contributed by atoms with Crippen molar-refractivity contribution in [3.05, 3.63) is 70.3 Å². The van der Waals surface area contributed by atoms with Gasteiger partial charge in [-0.05, 0) is 28.7 Å². The van der Waals surface area contributed by atoms with E-state index in [0.29, 0.717) is 25.1 Å². The van der Waals surface area contributed by atoms with E-state index in [1.54, 1.807) is 4.90 Å². The van der Waals surface area contributed by atoms with Gasteiger partial charge in [0, 0.05) is 44.2 Å². The number of fused-ring (bicyclic) bond motifs is 2. The molecule has 7 nitrogen and oxygen atoms in total. The number of rotatable bonds is 5. The van der Waals surface area contributed by atoms with Crippen LogP contribution in [0.3, 0.4) is 0 Å². The third-order valence-corrected chi connectivity index (χ3v) is 6.27. The van der Waals surface area contributed by atoms with Gasteiger partial charge in [0.1, 0.15) is 6.04 Å². The Balaban J connectivity index is 1.27. The van der Waals surface area contributed by atoms with Gasteiger partial charge >= 0.3 is 0 Å². The third kappa shape index (κ3) is 3.30. The summed E-state index contributed by atoms with van der Waals surface area (Å²) < 4.78 is 0. The fourth-order valence-electron chi connectivity index (χ4n) is 4.75. The van der Waals surface area contributed by atoms with Crippen molar-refractivity contribution in [2.75, 3.05) is 6.54 Å². The molecule has 3 aliphatic heterocycles. The average Bonchev–Trinajstić information content (AvgIpc) is 3.30. The lowest BCUT2D eigenvalue weighted by atomic mass is 10.0. The van der Waals surface area contributed by atoms with Crippen LogP contribution < -0.4 is 16.0 Å². The van der Waals surface area contributed by atoms with Crippen LogP contribution >= 0.6 is 0 Å². The summed E-state index contributed by atoms with van der Waals surface area (Å²) in [5.41, 5.74) is 5.23. The van der Waals surface area contributed by atoms with Gasteiger partial charge in [-0.15, -0.1) is 0 Å². The first-order valence-corrected chi connectivity index (χ1v) is 10.4. The number of imide groups is 1. The average molecular weight is 404 g/mol. The van der Waals surface area contributed by atoms with E-state index in [2.05, 4.69) is 40.2 Å². The van der Waals surface area contributed by atoms with Crippen LogP contribution in [-0.4, -0.2) is 35.2 Å². The monoisotopic (exact) mass is 404 g/mol. The first-order chi connectivity index (χ1) is 14.6. The van der Waals surface area contributed by atoms with E-state index in [4.69, 9.17) is 0 Å². The molecule has 2 aromatic carbocycles. The highest BCUT2D eigenvalue weighted by atomic mass is 16.2. The van der Waals surface area contributed by atoms with Crippen LogP contribution in [0.25, 0.3) is 0 Å². The van der Waals surface area contributed by atoms with Gasteiger partial charge in [0.2, 0.25) is 11.8 Å². The lowest BCUT2D eigenvalue weighted by Gasteiger charge is -2.29. The molecule has 2 aromatic rings. The zero-order valence-electron chi connectivity index (χ0n) is 16.6. The highest BCUT2D eigenvalue weighted by molar-refractivity contribution is 6.05. The van der Waals surface area contributed by atoms with Crippen LogP contribution in [0.2, 0.25) is 0 Å². The third-order valence-electron chi connectivity index (χ3n) is 6.27. The Labute approximate surface area is 174 Å². The smallest absolute Gasteiger partial charge is 0.255 e. The van der Waals surface area contributed by atoms with Gasteiger partial charge in [-0.25, -0.2) is 0 Å². The van der Waals surface area contributed by atoms with Crippen LogP contribution in [0, 0.1) is 0 Å². The number of carbonyl (C=O) groups excluding carboxylic acids is 3. The number of benzene rings is 2. The minimum Gasteiger partial charge on any atom is -0.322 e. The maximum atomic E-state index is 13.1. The van der Waals surface area contributed by atoms with E-state index in [9.17, 15) is 14.4 Å². The van der Waals surface area contributed by atoms with Gasteiger partial charge < -0.3 is 15.5 Å². The fraction of sp³-hybridized carbons (Fsp3) is 0.348. The van der Waals surface area contributed by atoms with Gasteiger partial charge in [-0.1, -0.05) is 42.5 Å². The zero-order valence-corrected chi connectivity index (χ0v) is 16.6. The zero-order chi connectivity index (χ0) is 20.7. The van der Waals surface area contributed by atoms with E-state index < -0.39 is 6.04 Å². The largest absolute Gasteiger partial charge is 0.322 e. The van der Waals surface area contributed by atoms with Gasteiger partial charge in [0.05, 0.1) is 0 Å². The Kier molecular flexibility index (Phi) is 4.84. The standard InChI is InChI=1S/C23H24N4O3/c28-20-9-8-19(22(29)26-20)27-13-16-6-3-5-15(21(16)23(27)30)10-24-12-18-17-7-2-1-4-14(17)11-25-18/h1-7,18-19,24-25H,8-13H2,(H,26,28,29). The van der Waals surface area contributed by atoms with E-state index in [-0.39, 0.29) is 30.2 Å². The summed E-state index contributed by atoms with van der Waals surface area (Å²) in [6.07, 6.45) is 0.644. The number of hydrogen-bond acceptors (Lipinski definition) is 5. The molecule has 1 fully saturated rings. The lowest BCUT2D eigenvalue weighted by molar-refractivity contribution is -0.136. The lowest BCUT2D eigenvalue weighted by Crippen LogP contribution is -2.52. The highest BCUT2D eigenvalue weighted by Crippen LogP contribution is 2.30. The topological polar surface area (TPSA) is 90.5 Å². The first kappa shape index (κ1) is 19.0. The molecular formula is C23H24N4O3. The predicted molar refractivity (Wildman–Crippen MR) is 110 cm³/mol. The Morgan fingerprint density at radius 3 is 2.73 bits per heavy atom. The number of piperidine rings is 1. The molecule has 154 valence electrons. The Bertz CT molecular complexity index is 1030. The second-order valence-corrected chi connectivity index (χ2v) is 8.11. The molecule has 30 heavy (non-hydrogen) atoms. The number of nitrogens with one attached hydrogen (secondary N) is 3. The van der Waals surface area contributed by atoms with E-state index in [1.807, 2.05) is 18.2 Å². The second kappa shape index (κ2) is 7.66. The van der Waals surface area contributed by atoms with Crippen molar-refractivity contribution in [1.29, 1.82) is 0 Å². The Morgan fingerprint density at radius 1 is 1.03 bits per heavy atom. The molecular weight excluding hydrogens is 380 g/mol. The SMILES string of the molecule is O=C1CCC(N2Cc3cccc(CNCC4NCc5ccccc54)c3C2=O)C(=O)N1. The van der Waals surface area contributed by atoms with Crippen LogP contribution in [0.1, 0.15) is 51.5 Å². The summed E-state index contributed by atoms with van der Waals surface area (Å²) >= 11 is 0. The summed E-state index contributed by atoms with van der Waals surface area (Å²) in [5.74, 6) is -0.772. The maximum absolute atomic E-state index is 13.1. The molecule has 2 atom stereocenters. The molecule has 0 bridgehead atoms. The van der Waals surface area contributed by atoms with Crippen molar-refractivity contribution < 1.29 is 14.4 Å². The summed E-state index contributed by atoms with van der Waals surface area (Å²) in [4.78, 5) is 38.4. The number of nitrogens with zero attached hydrogens (tertiary/aromatic N) is 1. The van der Waals surface area contributed by atoms with Crippen LogP contribution in [0.4, 0.5) is 0 Å². The van der Waals surface area contributed by atoms with Gasteiger partial charge in [-0.2, -0.15) is 0 Å². The molecule has 3 N–H and O–H groups in total. The molecule has 3 aliphatic rings. The van der Waals surface area contributed by atoms with Crippen molar-refractivity contribution >= 4 is 17.7 Å². The van der Waals surface area contributed by atoms with Gasteiger partial charge in [0.15, 0.2) is 0 Å². The molecule has 0 aliphatic carbocycles. The summed E-state index contributed by atoms with van der Waals surface area (Å²) in [5, 5.41) is 9.36.